The van der Waals surface area contributed by atoms with Crippen molar-refractivity contribution in [1.82, 2.24) is 10.2 Å². The highest BCUT2D eigenvalue weighted by Crippen LogP contribution is 2.33. The minimum atomic E-state index is -0.360. The van der Waals surface area contributed by atoms with Crippen LogP contribution in [0.2, 0.25) is 0 Å². The van der Waals surface area contributed by atoms with Crippen LogP contribution in [-0.2, 0) is 0 Å². The van der Waals surface area contributed by atoms with Crippen molar-refractivity contribution in [3.63, 3.8) is 0 Å². The van der Waals surface area contributed by atoms with Crippen molar-refractivity contribution in [2.45, 2.75) is 33.1 Å². The number of carbonyl (C=O) groups is 1. The molecule has 0 aliphatic rings. The van der Waals surface area contributed by atoms with Crippen molar-refractivity contribution in [2.24, 2.45) is 0 Å². The van der Waals surface area contributed by atoms with Crippen molar-refractivity contribution in [3.8, 4) is 23.1 Å². The van der Waals surface area contributed by atoms with Gasteiger partial charge in [0.1, 0.15) is 5.75 Å². The molecule has 0 unspecified atom stereocenters. The lowest BCUT2D eigenvalue weighted by molar-refractivity contribution is 0.102. The number of fused-ring (bicyclic) bond motifs is 1. The Bertz CT molecular complexity index is 1180. The van der Waals surface area contributed by atoms with E-state index in [1.54, 1.807) is 30.3 Å². The molecule has 0 spiro atoms. The van der Waals surface area contributed by atoms with E-state index >= 15 is 0 Å². The highest BCUT2D eigenvalue weighted by atomic mass is 16.5. The predicted molar refractivity (Wildman–Crippen MR) is 120 cm³/mol. The van der Waals surface area contributed by atoms with E-state index in [2.05, 4.69) is 22.4 Å². The second-order valence-electron chi connectivity index (χ2n) is 7.16. The molecular weight excluding hydrogens is 410 g/mol. The summed E-state index contributed by atoms with van der Waals surface area (Å²) in [5, 5.41) is 11.3. The SMILES string of the molecule is CCCCCOc1ccc(C(=O)Nc2nnc(-c3cc4cccc(OCC)c4o3)o2)cc1. The van der Waals surface area contributed by atoms with Gasteiger partial charge in [0.15, 0.2) is 17.1 Å². The average molecular weight is 435 g/mol. The van der Waals surface area contributed by atoms with Crippen LogP contribution in [0.3, 0.4) is 0 Å². The van der Waals surface area contributed by atoms with Crippen LogP contribution in [0.4, 0.5) is 6.01 Å². The van der Waals surface area contributed by atoms with Crippen LogP contribution >= 0.6 is 0 Å². The van der Waals surface area contributed by atoms with E-state index in [1.165, 1.54) is 0 Å². The number of nitrogens with one attached hydrogen (secondary N) is 1. The highest BCUT2D eigenvalue weighted by molar-refractivity contribution is 6.03. The summed E-state index contributed by atoms with van der Waals surface area (Å²) in [6.07, 6.45) is 3.29. The van der Waals surface area contributed by atoms with E-state index in [0.717, 1.165) is 30.4 Å². The third-order valence-electron chi connectivity index (χ3n) is 4.80. The molecule has 1 N–H and O–H groups in total. The largest absolute Gasteiger partial charge is 0.494 e. The molecule has 2 heterocycles. The van der Waals surface area contributed by atoms with Gasteiger partial charge in [-0.25, -0.2) is 0 Å². The molecule has 0 aliphatic carbocycles. The van der Waals surface area contributed by atoms with Gasteiger partial charge >= 0.3 is 6.01 Å². The first-order valence-electron chi connectivity index (χ1n) is 10.7. The lowest BCUT2D eigenvalue weighted by atomic mass is 10.2. The monoisotopic (exact) mass is 435 g/mol. The van der Waals surface area contributed by atoms with Crippen LogP contribution in [0, 0.1) is 0 Å². The van der Waals surface area contributed by atoms with Crippen molar-refractivity contribution in [2.75, 3.05) is 18.5 Å². The van der Waals surface area contributed by atoms with Gasteiger partial charge in [-0.2, -0.15) is 0 Å². The first kappa shape index (κ1) is 21.4. The van der Waals surface area contributed by atoms with Crippen LogP contribution in [0.25, 0.3) is 22.6 Å². The second kappa shape index (κ2) is 10.00. The minimum absolute atomic E-state index is 0.0182. The Hall–Kier alpha value is -3.81. The second-order valence-corrected chi connectivity index (χ2v) is 7.16. The molecule has 4 aromatic rings. The van der Waals surface area contributed by atoms with Crippen molar-refractivity contribution >= 4 is 22.9 Å². The van der Waals surface area contributed by atoms with E-state index in [-0.39, 0.29) is 17.8 Å². The normalized spacial score (nSPS) is 10.9. The number of para-hydroxylation sites is 1. The van der Waals surface area contributed by atoms with Crippen LogP contribution < -0.4 is 14.8 Å². The van der Waals surface area contributed by atoms with E-state index in [4.69, 9.17) is 18.3 Å². The number of aromatic nitrogens is 2. The number of unbranched alkanes of at least 4 members (excludes halogenated alkanes) is 2. The summed E-state index contributed by atoms with van der Waals surface area (Å²) in [5.41, 5.74) is 1.06. The third-order valence-corrected chi connectivity index (χ3v) is 4.80. The molecule has 2 aromatic heterocycles. The molecule has 8 nitrogen and oxygen atoms in total. The van der Waals surface area contributed by atoms with Gasteiger partial charge in [-0.15, -0.1) is 5.10 Å². The van der Waals surface area contributed by atoms with Gasteiger partial charge in [0, 0.05) is 10.9 Å². The summed E-state index contributed by atoms with van der Waals surface area (Å²) in [4.78, 5) is 12.5. The summed E-state index contributed by atoms with van der Waals surface area (Å²) in [7, 11) is 0. The zero-order chi connectivity index (χ0) is 22.3. The Morgan fingerprint density at radius 3 is 2.62 bits per heavy atom. The molecule has 0 saturated carbocycles. The first-order valence-corrected chi connectivity index (χ1v) is 10.7. The van der Waals surface area contributed by atoms with Crippen LogP contribution in [0.15, 0.2) is 57.4 Å². The van der Waals surface area contributed by atoms with E-state index in [9.17, 15) is 4.79 Å². The Kier molecular flexibility index (Phi) is 6.69. The zero-order valence-electron chi connectivity index (χ0n) is 18.1. The number of amides is 1. The summed E-state index contributed by atoms with van der Waals surface area (Å²) in [6, 6.07) is 14.3. The number of benzene rings is 2. The molecule has 0 atom stereocenters. The average Bonchev–Trinajstić information content (AvgIpc) is 3.45. The summed E-state index contributed by atoms with van der Waals surface area (Å²) in [6.45, 7) is 5.24. The number of carbonyl (C=O) groups excluding carboxylic acids is 1. The van der Waals surface area contributed by atoms with Gasteiger partial charge in [-0.05, 0) is 49.7 Å². The molecule has 2 aromatic carbocycles. The fourth-order valence-corrected chi connectivity index (χ4v) is 3.20. The highest BCUT2D eigenvalue weighted by Gasteiger charge is 2.17. The summed E-state index contributed by atoms with van der Waals surface area (Å²) < 4.78 is 22.7. The van der Waals surface area contributed by atoms with Crippen LogP contribution in [-0.4, -0.2) is 29.3 Å². The van der Waals surface area contributed by atoms with Gasteiger partial charge in [0.25, 0.3) is 11.8 Å². The lowest BCUT2D eigenvalue weighted by Crippen LogP contribution is -2.12. The molecule has 0 fully saturated rings. The lowest BCUT2D eigenvalue weighted by Gasteiger charge is -2.06. The van der Waals surface area contributed by atoms with Gasteiger partial charge in [-0.3, -0.25) is 10.1 Å². The third kappa shape index (κ3) is 4.91. The van der Waals surface area contributed by atoms with Gasteiger partial charge in [0.2, 0.25) is 0 Å². The molecule has 1 amide bonds. The molecule has 0 radical (unpaired) electrons. The van der Waals surface area contributed by atoms with E-state index in [1.807, 2.05) is 25.1 Å². The fourth-order valence-electron chi connectivity index (χ4n) is 3.20. The van der Waals surface area contributed by atoms with Crippen molar-refractivity contribution in [3.05, 3.63) is 54.1 Å². The number of ether oxygens (including phenoxy) is 2. The van der Waals surface area contributed by atoms with Gasteiger partial charge in [-0.1, -0.05) is 37.0 Å². The molecule has 4 rings (SSSR count). The number of rotatable bonds is 10. The number of anilines is 1. The smallest absolute Gasteiger partial charge is 0.322 e. The number of hydrogen-bond donors (Lipinski definition) is 1. The molecule has 8 heteroatoms. The molecule has 0 bridgehead atoms. The molecule has 0 saturated heterocycles. The van der Waals surface area contributed by atoms with Crippen LogP contribution in [0.5, 0.6) is 11.5 Å². The molecule has 32 heavy (non-hydrogen) atoms. The number of hydrogen-bond acceptors (Lipinski definition) is 7. The quantitative estimate of drug-likeness (QED) is 0.319. The van der Waals surface area contributed by atoms with Crippen molar-refractivity contribution in [1.29, 1.82) is 0 Å². The first-order chi connectivity index (χ1) is 15.7. The van der Waals surface area contributed by atoms with Gasteiger partial charge in [0.05, 0.1) is 13.2 Å². The maximum Gasteiger partial charge on any atom is 0.322 e. The summed E-state index contributed by atoms with van der Waals surface area (Å²) in [5.74, 6) is 1.57. The molecule has 166 valence electrons. The fraction of sp³-hybridized carbons (Fsp3) is 0.292. The maximum atomic E-state index is 12.5. The van der Waals surface area contributed by atoms with E-state index < -0.39 is 0 Å². The predicted octanol–water partition coefficient (Wildman–Crippen LogP) is 5.70. The van der Waals surface area contributed by atoms with Crippen molar-refractivity contribution < 1.29 is 23.1 Å². The molecular formula is C24H25N3O5. The number of furan rings is 1. The maximum absolute atomic E-state index is 12.5. The Labute approximate surface area is 185 Å². The standard InChI is InChI=1S/C24H25N3O5/c1-3-5-6-14-30-18-12-10-16(11-13-18)22(28)25-24-27-26-23(32-24)20-15-17-8-7-9-19(29-4-2)21(17)31-20/h7-13,15H,3-6,14H2,1-2H3,(H,25,27,28). The Morgan fingerprint density at radius 2 is 1.84 bits per heavy atom. The van der Waals surface area contributed by atoms with Crippen LogP contribution in [0.1, 0.15) is 43.5 Å². The Balaban J connectivity index is 1.41. The van der Waals surface area contributed by atoms with Gasteiger partial charge < -0.3 is 18.3 Å². The molecule has 0 aliphatic heterocycles. The number of nitrogens with zero attached hydrogens (tertiary/aromatic N) is 2. The summed E-state index contributed by atoms with van der Waals surface area (Å²) >= 11 is 0. The minimum Gasteiger partial charge on any atom is -0.494 e. The van der Waals surface area contributed by atoms with E-state index in [0.29, 0.717) is 35.9 Å². The zero-order valence-corrected chi connectivity index (χ0v) is 18.1. The topological polar surface area (TPSA) is 99.6 Å². The Morgan fingerprint density at radius 1 is 1.00 bits per heavy atom.